The van der Waals surface area contributed by atoms with Gasteiger partial charge in [0.15, 0.2) is 0 Å². The number of aromatic nitrogens is 1. The molecule has 0 fully saturated rings. The van der Waals surface area contributed by atoms with Crippen molar-refractivity contribution in [2.24, 2.45) is 10.2 Å². The molecule has 0 unspecified atom stereocenters. The van der Waals surface area contributed by atoms with Crippen LogP contribution in [0.2, 0.25) is 0 Å². The van der Waals surface area contributed by atoms with Crippen molar-refractivity contribution < 1.29 is 19.4 Å². The summed E-state index contributed by atoms with van der Waals surface area (Å²) in [6.07, 6.45) is 6.53. The summed E-state index contributed by atoms with van der Waals surface area (Å²) in [6.45, 7) is 5.75. The predicted octanol–water partition coefficient (Wildman–Crippen LogP) is 6.66. The molecule has 0 saturated carbocycles. The van der Waals surface area contributed by atoms with Crippen LogP contribution in [0.3, 0.4) is 0 Å². The largest absolute Gasteiger partial charge is 0.506 e. The number of ketones is 1. The zero-order valence-electron chi connectivity index (χ0n) is 24.8. The Morgan fingerprint density at radius 1 is 0.878 bits per heavy atom. The molecular weight excluding hydrogens is 518 g/mol. The second-order valence-corrected chi connectivity index (χ2v) is 10.0. The van der Waals surface area contributed by atoms with Gasteiger partial charge in [-0.1, -0.05) is 63.1 Å². The molecule has 2 heterocycles. The molecule has 2 aromatic carbocycles. The lowest BCUT2D eigenvalue weighted by molar-refractivity contribution is -0.115. The van der Waals surface area contributed by atoms with Gasteiger partial charge in [0.25, 0.3) is 5.56 Å². The summed E-state index contributed by atoms with van der Waals surface area (Å²) in [4.78, 5) is 27.3. The Labute approximate surface area is 242 Å². The van der Waals surface area contributed by atoms with Crippen molar-refractivity contribution in [3.05, 3.63) is 75.7 Å². The van der Waals surface area contributed by atoms with Crippen LogP contribution >= 0.6 is 0 Å². The van der Waals surface area contributed by atoms with E-state index in [0.717, 1.165) is 12.8 Å². The Hall–Kier alpha value is -4.20. The van der Waals surface area contributed by atoms with Gasteiger partial charge in [-0.3, -0.25) is 9.59 Å². The number of benzene rings is 2. The number of hydrogen-bond donors (Lipinski definition) is 2. The molecule has 1 aliphatic rings. The molecular formula is C33H41N3O5. The Morgan fingerprint density at radius 2 is 1.51 bits per heavy atom. The molecule has 0 aliphatic carbocycles. The average molecular weight is 560 g/mol. The summed E-state index contributed by atoms with van der Waals surface area (Å²) in [5.74, 6) is 0.776. The minimum Gasteiger partial charge on any atom is -0.506 e. The summed E-state index contributed by atoms with van der Waals surface area (Å²) in [5.41, 5.74) is 3.55. The van der Waals surface area contributed by atoms with Crippen molar-refractivity contribution in [1.82, 2.24) is 4.98 Å². The van der Waals surface area contributed by atoms with Crippen LogP contribution in [0.25, 0.3) is 11.1 Å². The highest BCUT2D eigenvalue weighted by Crippen LogP contribution is 2.45. The fourth-order valence-corrected chi connectivity index (χ4v) is 4.76. The van der Waals surface area contributed by atoms with E-state index in [1.54, 1.807) is 18.2 Å². The summed E-state index contributed by atoms with van der Waals surface area (Å²) in [6, 6.07) is 16.0. The number of H-pyrrole nitrogens is 1. The molecule has 0 atom stereocenters. The number of hydrogen-bond acceptors (Lipinski definition) is 7. The first-order chi connectivity index (χ1) is 19.8. The van der Waals surface area contributed by atoms with Crippen LogP contribution in [0.4, 0.5) is 0 Å². The topological polar surface area (TPSA) is 113 Å². The first-order valence-corrected chi connectivity index (χ1v) is 14.2. The number of aromatic hydroxyl groups is 1. The van der Waals surface area contributed by atoms with E-state index < -0.39 is 5.56 Å². The smallest absolute Gasteiger partial charge is 0.261 e. The monoisotopic (exact) mass is 559 g/mol. The summed E-state index contributed by atoms with van der Waals surface area (Å²) >= 11 is 0. The fourth-order valence-electron chi connectivity index (χ4n) is 4.76. The van der Waals surface area contributed by atoms with Crippen molar-refractivity contribution in [3.63, 3.8) is 0 Å². The highest BCUT2D eigenvalue weighted by atomic mass is 16.5. The number of methoxy groups -OCH3 is 2. The number of rotatable bonds is 12. The van der Waals surface area contributed by atoms with Crippen LogP contribution in [0, 0.1) is 0 Å². The van der Waals surface area contributed by atoms with E-state index in [-0.39, 0.29) is 29.9 Å². The highest BCUT2D eigenvalue weighted by molar-refractivity contribution is 6.19. The Morgan fingerprint density at radius 3 is 2.10 bits per heavy atom. The Balaban J connectivity index is 0.000000389. The van der Waals surface area contributed by atoms with Gasteiger partial charge in [0.2, 0.25) is 0 Å². The number of nitrogens with zero attached hydrogens (tertiary/aromatic N) is 2. The zero-order chi connectivity index (χ0) is 29.8. The maximum atomic E-state index is 13.0. The van der Waals surface area contributed by atoms with Crippen LogP contribution in [-0.2, 0) is 17.6 Å². The third-order valence-corrected chi connectivity index (χ3v) is 6.81. The minimum absolute atomic E-state index is 0.0392. The van der Waals surface area contributed by atoms with Gasteiger partial charge >= 0.3 is 0 Å². The first-order valence-electron chi connectivity index (χ1n) is 14.2. The van der Waals surface area contributed by atoms with Crippen molar-refractivity contribution >= 4 is 17.2 Å². The molecule has 4 rings (SSSR count). The molecule has 218 valence electrons. The number of Topliss-reactive ketones (excluding diaryl/α,β-unsaturated/α-hetero) is 1. The van der Waals surface area contributed by atoms with Gasteiger partial charge < -0.3 is 19.6 Å². The predicted molar refractivity (Wildman–Crippen MR) is 165 cm³/mol. The maximum absolute atomic E-state index is 13.0. The number of ether oxygens (including phenoxy) is 2. The van der Waals surface area contributed by atoms with Crippen molar-refractivity contribution in [3.8, 4) is 28.4 Å². The third kappa shape index (κ3) is 8.16. The normalized spacial score (nSPS) is 12.2. The van der Waals surface area contributed by atoms with Gasteiger partial charge in [0.1, 0.15) is 28.6 Å². The van der Waals surface area contributed by atoms with E-state index in [0.29, 0.717) is 46.2 Å². The lowest BCUT2D eigenvalue weighted by Gasteiger charge is -2.19. The fraction of sp³-hybridized carbons (Fsp3) is 0.394. The van der Waals surface area contributed by atoms with Gasteiger partial charge in [-0.2, -0.15) is 10.2 Å². The van der Waals surface area contributed by atoms with Gasteiger partial charge in [0, 0.05) is 18.5 Å². The van der Waals surface area contributed by atoms with Gasteiger partial charge in [-0.05, 0) is 50.3 Å². The van der Waals surface area contributed by atoms with Crippen molar-refractivity contribution in [2.75, 3.05) is 14.2 Å². The van der Waals surface area contributed by atoms with Crippen LogP contribution in [0.5, 0.6) is 17.2 Å². The molecule has 0 bridgehead atoms. The van der Waals surface area contributed by atoms with Crippen LogP contribution in [-0.4, -0.2) is 41.5 Å². The second kappa shape index (κ2) is 15.6. The molecule has 8 heteroatoms. The molecule has 1 aromatic heterocycles. The lowest BCUT2D eigenvalue weighted by atomic mass is 9.93. The van der Waals surface area contributed by atoms with Gasteiger partial charge in [-0.25, -0.2) is 0 Å². The molecule has 2 N–H and O–H groups in total. The molecule has 8 nitrogen and oxygen atoms in total. The minimum atomic E-state index is -0.445. The Kier molecular flexibility index (Phi) is 11.9. The van der Waals surface area contributed by atoms with E-state index in [1.807, 2.05) is 0 Å². The molecule has 0 saturated heterocycles. The Bertz CT molecular complexity index is 1420. The SMILES string of the molecule is CCCCc1[nH]c(=O)c(C2=NN=C(CC(C)=O)C2)c(O)c1-c1c(OC)cccc1OC.CCCCc1ccccc1. The lowest BCUT2D eigenvalue weighted by Crippen LogP contribution is -2.22. The van der Waals surface area contributed by atoms with E-state index in [1.165, 1.54) is 46.0 Å². The summed E-state index contributed by atoms with van der Waals surface area (Å²) < 4.78 is 11.1. The number of aryl methyl sites for hydroxylation is 2. The highest BCUT2D eigenvalue weighted by Gasteiger charge is 2.28. The number of nitrogens with one attached hydrogen (secondary N) is 1. The van der Waals surface area contributed by atoms with Crippen molar-refractivity contribution in [1.29, 1.82) is 0 Å². The standard InChI is InChI=1S/C23H27N3O5.C10H14/c1-5-6-8-15-19(21-17(30-3)9-7-10-18(21)31-4)22(28)20(23(29)24-15)16-12-14(25-26-16)11-13(2)27;1-2-3-7-10-8-5-4-6-9-10/h7,9-10H,5-6,8,11-12H2,1-4H3,(H2,24,28,29);4-6,8-9H,2-3,7H2,1H3. The zero-order valence-corrected chi connectivity index (χ0v) is 24.8. The van der Waals surface area contributed by atoms with Crippen molar-refractivity contribution in [2.45, 2.75) is 72.1 Å². The van der Waals surface area contributed by atoms with E-state index in [2.05, 4.69) is 59.4 Å². The number of carbonyl (C=O) groups excluding carboxylic acids is 1. The van der Waals surface area contributed by atoms with Gasteiger partial charge in [0.05, 0.1) is 36.8 Å². The van der Waals surface area contributed by atoms with E-state index >= 15 is 0 Å². The molecule has 41 heavy (non-hydrogen) atoms. The number of aromatic amines is 1. The summed E-state index contributed by atoms with van der Waals surface area (Å²) in [7, 11) is 3.08. The molecule has 0 spiro atoms. The molecule has 1 aliphatic heterocycles. The number of pyridine rings is 1. The average Bonchev–Trinajstić information content (AvgIpc) is 3.42. The van der Waals surface area contributed by atoms with Gasteiger partial charge in [-0.15, -0.1) is 0 Å². The van der Waals surface area contributed by atoms with E-state index in [4.69, 9.17) is 9.47 Å². The maximum Gasteiger partial charge on any atom is 0.261 e. The van der Waals surface area contributed by atoms with Crippen LogP contribution in [0.15, 0.2) is 63.5 Å². The number of carbonyl (C=O) groups is 1. The quantitative estimate of drug-likeness (QED) is 0.257. The van der Waals surface area contributed by atoms with Crippen LogP contribution in [0.1, 0.15) is 76.1 Å². The second-order valence-electron chi connectivity index (χ2n) is 10.0. The van der Waals surface area contributed by atoms with E-state index in [9.17, 15) is 14.7 Å². The molecule has 0 radical (unpaired) electrons. The molecule has 0 amide bonds. The first kappa shape index (κ1) is 31.3. The summed E-state index contributed by atoms with van der Waals surface area (Å²) in [5, 5.41) is 19.5. The molecule has 3 aromatic rings. The van der Waals surface area contributed by atoms with Crippen LogP contribution < -0.4 is 15.0 Å². The third-order valence-electron chi connectivity index (χ3n) is 6.81. The number of unbranched alkanes of at least 4 members (excludes halogenated alkanes) is 2.